The summed E-state index contributed by atoms with van der Waals surface area (Å²) >= 11 is 0. The molecule has 1 aliphatic rings. The molecule has 0 spiro atoms. The van der Waals surface area contributed by atoms with E-state index in [0.29, 0.717) is 0 Å². The second-order valence-corrected chi connectivity index (χ2v) is 26.5. The minimum Gasteiger partial charge on any atom is -0.508 e. The number of aliphatic hydroxyl groups excluding tert-OH is 2. The SMILES string of the molecule is C[C@@H]1NC(=O)[C@H]([C@@H](C)O)NC(=O)[C@H](Cc2ccc(O)cc2)NC(=O)[C@H](CCC(=O)O)NC(=O)[C@H](CC(N)=O)NC(=O)[C@H](CC(=O)O)NC(=O)[C@H](CCC(=O)O)NC(=O)[C@H](C)NC(=O)[C@H]([C@@H](C)O)NC(=O)[C@H](Cc2ccc(O)cc2)NC(=O)[C@H](CCC(=O)O)NC(=O)[C@H](CC(N)=O)NC(=O)[C@H](CC(=O)O)NC(=O)[C@H](CCC(=O)O)NC1=O. The number of aliphatic carboxylic acids is 6. The quantitative estimate of drug-likeness (QED) is 0.0416. The average molecular weight is 1650 g/mol. The molecule has 0 aliphatic carbocycles. The van der Waals surface area contributed by atoms with Crippen LogP contribution in [0.2, 0.25) is 0 Å². The zero-order chi connectivity index (χ0) is 87.7. The number of amides is 16. The number of carbonyl (C=O) groups is 22. The zero-order valence-corrected chi connectivity index (χ0v) is 62.4. The smallest absolute Gasteiger partial charge is 0.305 e. The lowest BCUT2D eigenvalue weighted by atomic mass is 10.0. The first-order chi connectivity index (χ1) is 54.1. The molecular formula is C68H92N16O32. The molecule has 0 radical (unpaired) electrons. The van der Waals surface area contributed by atoms with Crippen LogP contribution in [0.5, 0.6) is 11.5 Å². The third-order valence-electron chi connectivity index (χ3n) is 16.9. The third kappa shape index (κ3) is 34.1. The predicted molar refractivity (Wildman–Crippen MR) is 385 cm³/mol. The molecule has 28 N–H and O–H groups in total. The lowest BCUT2D eigenvalue weighted by molar-refractivity contribution is -0.142. The Balaban J connectivity index is 2.35. The normalized spacial score (nSPS) is 24.8. The molecule has 16 atom stereocenters. The molecule has 0 unspecified atom stereocenters. The van der Waals surface area contributed by atoms with E-state index >= 15 is 0 Å². The number of benzene rings is 2. The van der Waals surface area contributed by atoms with Gasteiger partial charge in [-0.25, -0.2) is 0 Å². The lowest BCUT2D eigenvalue weighted by Gasteiger charge is -2.29. The summed E-state index contributed by atoms with van der Waals surface area (Å²) < 4.78 is 0. The molecule has 1 heterocycles. The van der Waals surface area contributed by atoms with Gasteiger partial charge in [0.25, 0.3) is 0 Å². The Morgan fingerprint density at radius 1 is 0.293 bits per heavy atom. The number of carboxylic acids is 6. The minimum absolute atomic E-state index is 0.102. The molecule has 0 aromatic heterocycles. The minimum atomic E-state index is -2.37. The number of carboxylic acid groups (broad SMARTS) is 6. The van der Waals surface area contributed by atoms with E-state index in [-0.39, 0.29) is 22.6 Å². The Hall–Kier alpha value is -13.7. The van der Waals surface area contributed by atoms with Gasteiger partial charge in [0, 0.05) is 38.5 Å². The van der Waals surface area contributed by atoms with E-state index in [9.17, 15) is 157 Å². The van der Waals surface area contributed by atoms with E-state index < -0.39 is 317 Å². The van der Waals surface area contributed by atoms with Crippen LogP contribution in [0.1, 0.15) is 116 Å². The Kier molecular flexibility index (Phi) is 38.5. The van der Waals surface area contributed by atoms with Crippen molar-refractivity contribution in [2.45, 2.75) is 214 Å². The van der Waals surface area contributed by atoms with Crippen LogP contribution in [-0.2, 0) is 118 Å². The van der Waals surface area contributed by atoms with E-state index in [2.05, 4.69) is 53.2 Å². The summed E-state index contributed by atoms with van der Waals surface area (Å²) in [6.45, 7) is 3.72. The van der Waals surface area contributed by atoms with E-state index in [0.717, 1.165) is 52.0 Å². The zero-order valence-electron chi connectivity index (χ0n) is 62.4. The van der Waals surface area contributed by atoms with Gasteiger partial charge in [-0.2, -0.15) is 0 Å². The Bertz CT molecular complexity index is 3760. The molecule has 0 saturated carbocycles. The van der Waals surface area contributed by atoms with Gasteiger partial charge in [-0.3, -0.25) is 105 Å². The van der Waals surface area contributed by atoms with Gasteiger partial charge in [0.15, 0.2) is 0 Å². The molecule has 116 heavy (non-hydrogen) atoms. The van der Waals surface area contributed by atoms with Gasteiger partial charge >= 0.3 is 35.8 Å². The van der Waals surface area contributed by atoms with Crippen LogP contribution in [-0.4, -0.2) is 278 Å². The summed E-state index contributed by atoms with van der Waals surface area (Å²) in [4.78, 5) is 296. The molecule has 2 aromatic rings. The van der Waals surface area contributed by atoms with Crippen LogP contribution in [0.25, 0.3) is 0 Å². The van der Waals surface area contributed by atoms with Gasteiger partial charge < -0.3 is 137 Å². The summed E-state index contributed by atoms with van der Waals surface area (Å²) in [7, 11) is 0. The first-order valence-electron chi connectivity index (χ1n) is 35.2. The van der Waals surface area contributed by atoms with Gasteiger partial charge in [0.05, 0.1) is 37.9 Å². The van der Waals surface area contributed by atoms with Crippen molar-refractivity contribution < 1.29 is 157 Å². The molecule has 1 fully saturated rings. The number of hydrogen-bond acceptors (Lipinski definition) is 26. The fourth-order valence-corrected chi connectivity index (χ4v) is 10.7. The van der Waals surface area contributed by atoms with Crippen LogP contribution in [0.15, 0.2) is 48.5 Å². The second-order valence-electron chi connectivity index (χ2n) is 26.5. The van der Waals surface area contributed by atoms with Crippen molar-refractivity contribution >= 4 is 130 Å². The molecule has 2 aromatic carbocycles. The van der Waals surface area contributed by atoms with E-state index in [4.69, 9.17) is 11.5 Å². The topological polar surface area (TPSA) is 798 Å². The molecule has 3 rings (SSSR count). The average Bonchev–Trinajstić information content (AvgIpc) is 0.844. The standard InChI is InChI=1S/C68H92N16O32/c1-27-55(103)73-35(13-17-47(91)92)57(105)81-43(25-51(99)100)63(111)79-41(23-45(69)89)61(109)76-38(16-20-50(97)98)60(108)78-40(22-32-7-11-34(88)12-8-32)66(114)84-54(30(4)86)68(116)72-28(2)56(104)74-36(14-18-48(93)94)58(106)82-44(26-52(101)102)64(112)80-42(24-46(70)90)62(110)75-37(15-19-49(95)96)59(107)77-39(21-31-5-9-33(87)10-6-31)65(113)83-53(29(3)85)67(115)71-27/h5-12,27-30,35-44,53-54,85-88H,13-26H2,1-4H3,(H2,69,89)(H2,70,90)(H,71,115)(H,72,116)(H,73,103)(H,74,104)(H,75,110)(H,76,109)(H,77,107)(H,78,108)(H,79,111)(H,80,112)(H,81,105)(H,82,106)(H,83,113)(H,84,114)(H,91,92)(H,93,94)(H,95,96)(H,97,98)(H,99,100)(H,101,102)/t27-,28-,29+,30+,35-,36-,37-,38-,39-,40-,41-,42-,43-,44-,53-,54-/m0/s1. The van der Waals surface area contributed by atoms with Crippen molar-refractivity contribution in [3.8, 4) is 11.5 Å². The fraction of sp³-hybridized carbons (Fsp3) is 0.500. The van der Waals surface area contributed by atoms with Gasteiger partial charge in [0.2, 0.25) is 94.5 Å². The van der Waals surface area contributed by atoms with Crippen LogP contribution < -0.4 is 85.9 Å². The molecular weight excluding hydrogens is 1550 g/mol. The Morgan fingerprint density at radius 3 is 0.724 bits per heavy atom. The van der Waals surface area contributed by atoms with Gasteiger partial charge in [-0.15, -0.1) is 0 Å². The van der Waals surface area contributed by atoms with Crippen molar-refractivity contribution in [2.24, 2.45) is 11.5 Å². The van der Waals surface area contributed by atoms with Crippen molar-refractivity contribution in [2.75, 3.05) is 0 Å². The number of rotatable bonds is 26. The van der Waals surface area contributed by atoms with Crippen LogP contribution in [0, 0.1) is 0 Å². The number of phenols is 2. The van der Waals surface area contributed by atoms with Crippen molar-refractivity contribution in [3.63, 3.8) is 0 Å². The largest absolute Gasteiger partial charge is 0.508 e. The van der Waals surface area contributed by atoms with E-state index in [1.807, 2.05) is 21.3 Å². The van der Waals surface area contributed by atoms with Gasteiger partial charge in [-0.1, -0.05) is 24.3 Å². The highest BCUT2D eigenvalue weighted by atomic mass is 16.4. The van der Waals surface area contributed by atoms with E-state index in [1.165, 1.54) is 24.3 Å². The van der Waals surface area contributed by atoms with Crippen LogP contribution in [0.4, 0.5) is 0 Å². The van der Waals surface area contributed by atoms with Crippen molar-refractivity contribution in [1.29, 1.82) is 0 Å². The maximum absolute atomic E-state index is 14.4. The maximum atomic E-state index is 14.4. The fourth-order valence-electron chi connectivity index (χ4n) is 10.7. The van der Waals surface area contributed by atoms with Crippen LogP contribution in [0.3, 0.4) is 0 Å². The number of nitrogens with two attached hydrogens (primary N) is 2. The second kappa shape index (κ2) is 46.3. The number of carbonyl (C=O) groups excluding carboxylic acids is 16. The number of aromatic hydroxyl groups is 2. The number of hydrogen-bond donors (Lipinski definition) is 26. The monoisotopic (exact) mass is 1640 g/mol. The molecule has 636 valence electrons. The van der Waals surface area contributed by atoms with Crippen LogP contribution >= 0.6 is 0 Å². The summed E-state index contributed by atoms with van der Waals surface area (Å²) in [5.74, 6) is -34.7. The van der Waals surface area contributed by atoms with Gasteiger partial charge in [0.1, 0.15) is 96.1 Å². The number of nitrogens with one attached hydrogen (secondary N) is 14. The Morgan fingerprint density at radius 2 is 0.500 bits per heavy atom. The Labute approximate surface area is 656 Å². The first-order valence-corrected chi connectivity index (χ1v) is 35.2. The summed E-state index contributed by atoms with van der Waals surface area (Å²) in [6, 6.07) is -20.6. The highest BCUT2D eigenvalue weighted by Gasteiger charge is 2.41. The van der Waals surface area contributed by atoms with Crippen molar-refractivity contribution in [3.05, 3.63) is 59.7 Å². The summed E-state index contributed by atoms with van der Waals surface area (Å²) in [6.07, 6.45) is -18.0. The summed E-state index contributed by atoms with van der Waals surface area (Å²) in [5.41, 5.74) is 11.0. The molecule has 48 heteroatoms. The van der Waals surface area contributed by atoms with E-state index in [1.54, 1.807) is 0 Å². The summed E-state index contributed by atoms with van der Waals surface area (Å²) in [5, 5.41) is 130. The first kappa shape index (κ1) is 96.5. The van der Waals surface area contributed by atoms with Gasteiger partial charge in [-0.05, 0) is 88.8 Å². The third-order valence-corrected chi connectivity index (χ3v) is 16.9. The molecule has 48 nitrogen and oxygen atoms in total. The molecule has 16 amide bonds. The highest BCUT2D eigenvalue weighted by molar-refractivity contribution is 6.03. The lowest BCUT2D eigenvalue weighted by Crippen LogP contribution is -2.62. The molecule has 1 saturated heterocycles. The number of phenolic OH excluding ortho intramolecular Hbond substituents is 2. The maximum Gasteiger partial charge on any atom is 0.305 e. The molecule has 1 aliphatic heterocycles. The molecule has 0 bridgehead atoms. The highest BCUT2D eigenvalue weighted by Crippen LogP contribution is 2.17. The predicted octanol–water partition coefficient (Wildman–Crippen LogP) is -10.4. The number of aliphatic hydroxyl groups is 2. The van der Waals surface area contributed by atoms with Crippen molar-refractivity contribution in [1.82, 2.24) is 74.4 Å². The number of primary amides is 2.